The number of carbonyl (C=O) groups excluding carboxylic acids is 2. The predicted octanol–water partition coefficient (Wildman–Crippen LogP) is 2.59. The van der Waals surface area contributed by atoms with E-state index in [4.69, 9.17) is 4.74 Å². The van der Waals surface area contributed by atoms with E-state index in [1.54, 1.807) is 6.07 Å². The lowest BCUT2D eigenvalue weighted by molar-refractivity contribution is -0.142. The first-order valence-corrected chi connectivity index (χ1v) is 5.86. The van der Waals surface area contributed by atoms with Gasteiger partial charge in [-0.05, 0) is 18.4 Å². The van der Waals surface area contributed by atoms with Crippen LogP contribution < -0.4 is 4.74 Å². The molecule has 2 aromatic rings. The molecule has 0 amide bonds. The number of ketones is 1. The van der Waals surface area contributed by atoms with E-state index in [2.05, 4.69) is 4.74 Å². The number of rotatable bonds is 4. The molecule has 0 fully saturated rings. The van der Waals surface area contributed by atoms with Gasteiger partial charge >= 0.3 is 5.97 Å². The summed E-state index contributed by atoms with van der Waals surface area (Å²) in [5, 5.41) is 1.76. The third-order valence-electron chi connectivity index (χ3n) is 2.82. The summed E-state index contributed by atoms with van der Waals surface area (Å²) in [5.41, 5.74) is 0.461. The van der Waals surface area contributed by atoms with Gasteiger partial charge in [-0.3, -0.25) is 4.79 Å². The fourth-order valence-electron chi connectivity index (χ4n) is 1.87. The SMILES string of the molecule is COC(=O)COc1c(C(C)=O)ccc2ccccc12. The van der Waals surface area contributed by atoms with Gasteiger partial charge in [-0.15, -0.1) is 0 Å². The highest BCUT2D eigenvalue weighted by Gasteiger charge is 2.14. The molecule has 4 nitrogen and oxygen atoms in total. The number of hydrogen-bond acceptors (Lipinski definition) is 4. The summed E-state index contributed by atoms with van der Waals surface area (Å²) in [4.78, 5) is 22.8. The molecule has 19 heavy (non-hydrogen) atoms. The van der Waals surface area contributed by atoms with Gasteiger partial charge in [0.1, 0.15) is 5.75 Å². The van der Waals surface area contributed by atoms with Crippen molar-refractivity contribution in [3.05, 3.63) is 42.0 Å². The van der Waals surface area contributed by atoms with Gasteiger partial charge < -0.3 is 9.47 Å². The van der Waals surface area contributed by atoms with E-state index in [-0.39, 0.29) is 12.4 Å². The monoisotopic (exact) mass is 258 g/mol. The van der Waals surface area contributed by atoms with E-state index >= 15 is 0 Å². The van der Waals surface area contributed by atoms with Crippen LogP contribution in [0.2, 0.25) is 0 Å². The van der Waals surface area contributed by atoms with Crippen molar-refractivity contribution < 1.29 is 19.1 Å². The molecular formula is C15H14O4. The van der Waals surface area contributed by atoms with E-state index < -0.39 is 5.97 Å². The molecule has 0 unspecified atom stereocenters. The summed E-state index contributed by atoms with van der Waals surface area (Å²) in [5.74, 6) is -0.163. The molecule has 0 aliphatic carbocycles. The van der Waals surface area contributed by atoms with Crippen LogP contribution in [-0.2, 0) is 9.53 Å². The van der Waals surface area contributed by atoms with Crippen LogP contribution in [-0.4, -0.2) is 25.5 Å². The Morgan fingerprint density at radius 3 is 2.53 bits per heavy atom. The predicted molar refractivity (Wildman–Crippen MR) is 71.5 cm³/mol. The first-order chi connectivity index (χ1) is 9.13. The topological polar surface area (TPSA) is 52.6 Å². The average Bonchev–Trinajstić information content (AvgIpc) is 2.43. The molecule has 0 spiro atoms. The molecule has 0 saturated heterocycles. The molecular weight excluding hydrogens is 244 g/mol. The third kappa shape index (κ3) is 2.73. The maximum absolute atomic E-state index is 11.6. The standard InChI is InChI=1S/C15H14O4/c1-10(16)12-8-7-11-5-3-4-6-13(11)15(12)19-9-14(17)18-2/h3-8H,9H2,1-2H3. The Balaban J connectivity index is 2.49. The van der Waals surface area contributed by atoms with Gasteiger partial charge in [-0.2, -0.15) is 0 Å². The van der Waals surface area contributed by atoms with E-state index in [0.29, 0.717) is 11.3 Å². The number of methoxy groups -OCH3 is 1. The minimum absolute atomic E-state index is 0.106. The van der Waals surface area contributed by atoms with Crippen molar-refractivity contribution in [2.45, 2.75) is 6.92 Å². The minimum atomic E-state index is -0.484. The lowest BCUT2D eigenvalue weighted by Crippen LogP contribution is -2.14. The normalized spacial score (nSPS) is 10.2. The van der Waals surface area contributed by atoms with Gasteiger partial charge in [-0.1, -0.05) is 30.3 Å². The minimum Gasteiger partial charge on any atom is -0.480 e. The Bertz CT molecular complexity index is 631. The van der Waals surface area contributed by atoms with Gasteiger partial charge in [0.25, 0.3) is 0 Å². The number of ether oxygens (including phenoxy) is 2. The van der Waals surface area contributed by atoms with Crippen molar-refractivity contribution in [1.82, 2.24) is 0 Å². The van der Waals surface area contributed by atoms with Crippen molar-refractivity contribution in [3.8, 4) is 5.75 Å². The van der Waals surface area contributed by atoms with Crippen LogP contribution in [0.4, 0.5) is 0 Å². The molecule has 2 aromatic carbocycles. The molecule has 0 aliphatic rings. The number of carbonyl (C=O) groups is 2. The van der Waals surface area contributed by atoms with Crippen LogP contribution in [0.1, 0.15) is 17.3 Å². The Morgan fingerprint density at radius 1 is 1.11 bits per heavy atom. The maximum Gasteiger partial charge on any atom is 0.343 e. The molecule has 0 atom stereocenters. The first-order valence-electron chi connectivity index (χ1n) is 5.86. The smallest absolute Gasteiger partial charge is 0.343 e. The van der Waals surface area contributed by atoms with Crippen molar-refractivity contribution in [2.24, 2.45) is 0 Å². The third-order valence-corrected chi connectivity index (χ3v) is 2.82. The average molecular weight is 258 g/mol. The van der Waals surface area contributed by atoms with Crippen LogP contribution in [0.15, 0.2) is 36.4 Å². The molecule has 0 radical (unpaired) electrons. The van der Waals surface area contributed by atoms with Crippen LogP contribution >= 0.6 is 0 Å². The van der Waals surface area contributed by atoms with Crippen LogP contribution in [0, 0.1) is 0 Å². The molecule has 0 aromatic heterocycles. The van der Waals surface area contributed by atoms with Crippen LogP contribution in [0.5, 0.6) is 5.75 Å². The van der Waals surface area contributed by atoms with Gasteiger partial charge in [0.05, 0.1) is 12.7 Å². The Hall–Kier alpha value is -2.36. The molecule has 2 rings (SSSR count). The zero-order valence-corrected chi connectivity index (χ0v) is 10.8. The second kappa shape index (κ2) is 5.52. The Kier molecular flexibility index (Phi) is 3.80. The van der Waals surface area contributed by atoms with Crippen LogP contribution in [0.25, 0.3) is 10.8 Å². The second-order valence-electron chi connectivity index (χ2n) is 4.08. The number of Topliss-reactive ketones (excluding diaryl/α,β-unsaturated/α-hetero) is 1. The molecule has 4 heteroatoms. The number of fused-ring (bicyclic) bond motifs is 1. The zero-order chi connectivity index (χ0) is 13.8. The van der Waals surface area contributed by atoms with Gasteiger partial charge in [0, 0.05) is 5.39 Å². The number of esters is 1. The van der Waals surface area contributed by atoms with E-state index in [1.807, 2.05) is 30.3 Å². The largest absolute Gasteiger partial charge is 0.480 e. The van der Waals surface area contributed by atoms with Crippen molar-refractivity contribution in [3.63, 3.8) is 0 Å². The van der Waals surface area contributed by atoms with E-state index in [0.717, 1.165) is 10.8 Å². The Labute approximate surface area is 110 Å². The summed E-state index contributed by atoms with van der Waals surface area (Å²) in [6.45, 7) is 1.25. The number of hydrogen-bond donors (Lipinski definition) is 0. The molecule has 98 valence electrons. The molecule has 0 N–H and O–H groups in total. The fourth-order valence-corrected chi connectivity index (χ4v) is 1.87. The van der Waals surface area contributed by atoms with Crippen molar-refractivity contribution >= 4 is 22.5 Å². The van der Waals surface area contributed by atoms with E-state index in [9.17, 15) is 9.59 Å². The second-order valence-corrected chi connectivity index (χ2v) is 4.08. The fraction of sp³-hybridized carbons (Fsp3) is 0.200. The molecule has 0 heterocycles. The highest BCUT2D eigenvalue weighted by Crippen LogP contribution is 2.30. The maximum atomic E-state index is 11.6. The molecule has 0 bridgehead atoms. The highest BCUT2D eigenvalue weighted by molar-refractivity contribution is 6.03. The van der Waals surface area contributed by atoms with Gasteiger partial charge in [0.2, 0.25) is 0 Å². The molecule has 0 aliphatic heterocycles. The summed E-state index contributed by atoms with van der Waals surface area (Å²) in [6, 6.07) is 11.1. The zero-order valence-electron chi connectivity index (χ0n) is 10.8. The summed E-state index contributed by atoms with van der Waals surface area (Å²) in [6.07, 6.45) is 0. The van der Waals surface area contributed by atoms with E-state index in [1.165, 1.54) is 14.0 Å². The van der Waals surface area contributed by atoms with Gasteiger partial charge in [-0.25, -0.2) is 4.79 Å². The first kappa shape index (κ1) is 13.1. The van der Waals surface area contributed by atoms with Gasteiger partial charge in [0.15, 0.2) is 12.4 Å². The molecule has 0 saturated carbocycles. The van der Waals surface area contributed by atoms with Crippen molar-refractivity contribution in [2.75, 3.05) is 13.7 Å². The lowest BCUT2D eigenvalue weighted by atomic mass is 10.0. The van der Waals surface area contributed by atoms with Crippen LogP contribution in [0.3, 0.4) is 0 Å². The summed E-state index contributed by atoms with van der Waals surface area (Å²) >= 11 is 0. The summed E-state index contributed by atoms with van der Waals surface area (Å²) < 4.78 is 10.0. The van der Waals surface area contributed by atoms with Crippen molar-refractivity contribution in [1.29, 1.82) is 0 Å². The quantitative estimate of drug-likeness (QED) is 0.624. The Morgan fingerprint density at radius 2 is 1.84 bits per heavy atom. The number of benzene rings is 2. The highest BCUT2D eigenvalue weighted by atomic mass is 16.6. The lowest BCUT2D eigenvalue weighted by Gasteiger charge is -2.12. The summed E-state index contributed by atoms with van der Waals surface area (Å²) in [7, 11) is 1.29.